The summed E-state index contributed by atoms with van der Waals surface area (Å²) in [5, 5.41) is 24.1. The van der Waals surface area contributed by atoms with Gasteiger partial charge in [0.25, 0.3) is 17.7 Å². The summed E-state index contributed by atoms with van der Waals surface area (Å²) in [6.45, 7) is 5.24. The summed E-state index contributed by atoms with van der Waals surface area (Å²) in [6, 6.07) is 40.5. The summed E-state index contributed by atoms with van der Waals surface area (Å²) in [6.07, 6.45) is 13.5. The normalized spacial score (nSPS) is 18.0. The van der Waals surface area contributed by atoms with Gasteiger partial charge in [-0.1, -0.05) is 162 Å². The number of halogens is 9. The molecule has 5 aliphatic rings. The smallest absolute Gasteiger partial charge is 0.284 e. The van der Waals surface area contributed by atoms with Crippen LogP contribution < -0.4 is 16.1 Å². The minimum atomic E-state index is -3.63. The third kappa shape index (κ3) is 19.1. The highest BCUT2D eigenvalue weighted by atomic mass is 35.5. The minimum Gasteiger partial charge on any atom is -0.348 e. The molecule has 2 fully saturated rings. The third-order valence-corrected chi connectivity index (χ3v) is 25.8. The van der Waals surface area contributed by atoms with Crippen molar-refractivity contribution in [3.63, 3.8) is 0 Å². The van der Waals surface area contributed by atoms with Crippen LogP contribution in [0.2, 0.25) is 30.1 Å². The number of fused-ring (bicyclic) bond motifs is 3. The van der Waals surface area contributed by atoms with Crippen molar-refractivity contribution in [1.29, 1.82) is 0 Å². The highest BCUT2D eigenvalue weighted by Crippen LogP contribution is 2.41. The van der Waals surface area contributed by atoms with Crippen LogP contribution in [0.1, 0.15) is 159 Å². The number of hydrogen-bond acceptors (Lipinski definition) is 13. The number of nitrogens with zero attached hydrogens (tertiary/aromatic N) is 7. The molecule has 1 aliphatic carbocycles. The lowest BCUT2D eigenvalue weighted by Gasteiger charge is -2.28. The molecule has 4 aliphatic heterocycles. The average Bonchev–Trinajstić information content (AvgIpc) is 1.60. The van der Waals surface area contributed by atoms with Crippen molar-refractivity contribution in [3.8, 4) is 17.1 Å². The topological polar surface area (TPSA) is 246 Å². The Morgan fingerprint density at radius 1 is 0.429 bits per heavy atom. The van der Waals surface area contributed by atoms with Crippen molar-refractivity contribution in [1.82, 2.24) is 50.4 Å². The fraction of sp³-hybridized carbons (Fsp3) is 0.259. The van der Waals surface area contributed by atoms with Gasteiger partial charge >= 0.3 is 0 Å². The van der Waals surface area contributed by atoms with E-state index in [1.807, 2.05) is 49.2 Å². The number of aromatic nitrogens is 6. The van der Waals surface area contributed by atoms with Gasteiger partial charge in [0.2, 0.25) is 0 Å². The molecule has 0 radical (unpaired) electrons. The Hall–Kier alpha value is -8.86. The van der Waals surface area contributed by atoms with Gasteiger partial charge in [-0.3, -0.25) is 19.8 Å². The van der Waals surface area contributed by atoms with E-state index in [4.69, 9.17) is 79.8 Å². The predicted molar refractivity (Wildman–Crippen MR) is 435 cm³/mol. The number of carbonyl (C=O) groups excluding carboxylic acids is 3. The summed E-state index contributed by atoms with van der Waals surface area (Å²) in [5.74, 6) is -4.00. The lowest BCUT2D eigenvalue weighted by atomic mass is 9.84. The Morgan fingerprint density at radius 3 is 1.12 bits per heavy atom. The molecule has 7 aromatic carbocycles. The molecule has 0 unspecified atom stereocenters. The number of piperidine rings is 1. The zero-order valence-corrected chi connectivity index (χ0v) is 67.2. The van der Waals surface area contributed by atoms with Gasteiger partial charge in [-0.25, -0.2) is 57.5 Å². The first kappa shape index (κ1) is 81.2. The van der Waals surface area contributed by atoms with E-state index in [1.54, 1.807) is 97.1 Å². The van der Waals surface area contributed by atoms with E-state index in [2.05, 4.69) is 21.2 Å². The summed E-state index contributed by atoms with van der Waals surface area (Å²) < 4.78 is 123. The third-order valence-electron chi connectivity index (χ3n) is 19.8. The van der Waals surface area contributed by atoms with Crippen LogP contribution >= 0.6 is 69.6 Å². The second-order valence-electron chi connectivity index (χ2n) is 28.1. The predicted octanol–water partition coefficient (Wildman–Crippen LogP) is 17.7. The van der Waals surface area contributed by atoms with Crippen molar-refractivity contribution in [2.75, 3.05) is 30.3 Å². The van der Waals surface area contributed by atoms with Gasteiger partial charge in [0.15, 0.2) is 29.5 Å². The van der Waals surface area contributed by atoms with Crippen LogP contribution in [0.5, 0.6) is 0 Å². The van der Waals surface area contributed by atoms with Crippen LogP contribution in [0.25, 0.3) is 52.0 Å². The number of amides is 3. The Morgan fingerprint density at radius 2 is 0.768 bits per heavy atom. The number of rotatable bonds is 14. The van der Waals surface area contributed by atoms with E-state index >= 15 is 0 Å². The SMILES string of the molecule is C[C@@H](NC(=O)c1c2c(nn1-c1ccc(Cl)cc1Cl)/C(=C/c1ccc(F)cc1)CS(=O)(=O)C2)C1CCCCC1.C[C@@H](NC(=O)c1c2c(nn1-c1ccc(Cl)cc1Cl)/C(=C/c1ccc(F)cc1)CS(=O)(=O)C2)c1ccccc1.O=C(NN1CCCCC1)c1c2c(nn1-c1ccc(Cl)cc1Cl)/C(=C/c1ccc(F)cc1)CS(=O)(=O)C2. The van der Waals surface area contributed by atoms with Crippen molar-refractivity contribution in [2.45, 2.75) is 94.6 Å². The maximum atomic E-state index is 13.8. The number of carbonyl (C=O) groups is 3. The molecule has 582 valence electrons. The van der Waals surface area contributed by atoms with Crippen LogP contribution in [0.4, 0.5) is 13.2 Å². The van der Waals surface area contributed by atoms with Gasteiger partial charge < -0.3 is 10.6 Å². The van der Waals surface area contributed by atoms with E-state index in [1.165, 1.54) is 69.0 Å². The quantitative estimate of drug-likeness (QED) is 0.0918. The monoisotopic (exact) mass is 1690 g/mol. The largest absolute Gasteiger partial charge is 0.348 e. The van der Waals surface area contributed by atoms with E-state index < -0.39 is 64.7 Å². The van der Waals surface area contributed by atoms with Crippen LogP contribution in [-0.4, -0.2) is 114 Å². The zero-order valence-electron chi connectivity index (χ0n) is 60.2. The van der Waals surface area contributed by atoms with Crippen LogP contribution in [0, 0.1) is 23.4 Å². The van der Waals surface area contributed by atoms with Crippen LogP contribution in [0.15, 0.2) is 158 Å². The fourth-order valence-corrected chi connectivity index (χ4v) is 20.4. The van der Waals surface area contributed by atoms with Gasteiger partial charge in [-0.15, -0.1) is 0 Å². The molecule has 1 saturated heterocycles. The molecule has 3 aromatic heterocycles. The number of sulfone groups is 3. The molecule has 10 aromatic rings. The Kier molecular flexibility index (Phi) is 25.0. The first-order valence-electron chi connectivity index (χ1n) is 35.9. The Balaban J connectivity index is 0.000000147. The van der Waals surface area contributed by atoms with Crippen molar-refractivity contribution in [2.24, 2.45) is 5.92 Å². The van der Waals surface area contributed by atoms with Gasteiger partial charge in [0.05, 0.1) is 89.8 Å². The molecule has 15 rings (SSSR count). The number of benzene rings is 7. The zero-order chi connectivity index (χ0) is 79.5. The van der Waals surface area contributed by atoms with Crippen LogP contribution in [0.3, 0.4) is 0 Å². The van der Waals surface area contributed by atoms with Crippen molar-refractivity contribution >= 4 is 152 Å². The number of hydrogen-bond donors (Lipinski definition) is 3. The molecule has 3 amide bonds. The standard InChI is InChI=1S/C28H28Cl2FN3O3S.C28H22Cl2FN3O3S.C25H23Cl2FN4O3S/c2*1-17(19-5-3-2-4-6-19)32-28(35)27-23-16-38(36,37)15-20(13-18-7-10-22(31)11-8-18)26(23)33-34(27)25-12-9-21(29)14-24(25)30;26-18-6-9-22(21(27)13-18)32-24(25(33)30-31-10-2-1-3-11-31)20-15-36(34,35)14-17(23(20)29-32)12-16-4-7-19(28)8-5-16/h7-14,17,19H,2-6,15-16H2,1H3,(H,32,35);2-14,17H,15-16H2,1H3,(H,32,35);4-9,12-13H,1-3,10-11,14-15H2,(H,30,33)/b2*20-13+;17-12+/t2*17-;/m11./s1. The molecular formula is C81H73Cl6F3N10O9S3. The molecule has 112 heavy (non-hydrogen) atoms. The molecule has 31 heteroatoms. The Labute approximate surface area is 676 Å². The second-order valence-corrected chi connectivity index (χ2v) is 36.8. The number of hydrazine groups is 1. The highest BCUT2D eigenvalue weighted by molar-refractivity contribution is 7.91. The fourth-order valence-electron chi connectivity index (χ4n) is 14.4. The summed E-state index contributed by atoms with van der Waals surface area (Å²) >= 11 is 37.8. The van der Waals surface area contributed by atoms with Gasteiger partial charge in [0, 0.05) is 50.9 Å². The van der Waals surface area contributed by atoms with Crippen molar-refractivity contribution in [3.05, 3.63) is 278 Å². The molecule has 7 heterocycles. The van der Waals surface area contributed by atoms with E-state index in [-0.39, 0.29) is 84.3 Å². The summed E-state index contributed by atoms with van der Waals surface area (Å²) in [4.78, 5) is 41.2. The van der Waals surface area contributed by atoms with E-state index in [9.17, 15) is 52.8 Å². The molecule has 0 bridgehead atoms. The molecule has 19 nitrogen and oxygen atoms in total. The van der Waals surface area contributed by atoms with Crippen LogP contribution in [-0.2, 0) is 46.8 Å². The summed E-state index contributed by atoms with van der Waals surface area (Å²) in [7, 11) is -10.8. The van der Waals surface area contributed by atoms with E-state index in [0.29, 0.717) is 113 Å². The first-order chi connectivity index (χ1) is 53.4. The molecule has 0 spiro atoms. The maximum Gasteiger partial charge on any atom is 0.284 e. The van der Waals surface area contributed by atoms with Gasteiger partial charge in [-0.2, -0.15) is 15.3 Å². The van der Waals surface area contributed by atoms with E-state index in [0.717, 1.165) is 50.5 Å². The Bertz CT molecular complexity index is 5760. The number of nitrogens with one attached hydrogen (secondary N) is 3. The molecule has 1 saturated carbocycles. The lowest BCUT2D eigenvalue weighted by Crippen LogP contribution is -2.45. The average molecular weight is 1700 g/mol. The lowest BCUT2D eigenvalue weighted by molar-refractivity contribution is 0.0740. The molecular weight excluding hydrogens is 1620 g/mol. The summed E-state index contributed by atoms with van der Waals surface area (Å²) in [5.41, 5.74) is 10.5. The molecule has 3 N–H and O–H groups in total. The minimum absolute atomic E-state index is 0.0697. The second kappa shape index (κ2) is 34.5. The molecule has 2 atom stereocenters. The highest BCUT2D eigenvalue weighted by Gasteiger charge is 2.40. The van der Waals surface area contributed by atoms with Crippen molar-refractivity contribution < 1.29 is 52.8 Å². The van der Waals surface area contributed by atoms with Gasteiger partial charge in [0.1, 0.15) is 34.5 Å². The maximum absolute atomic E-state index is 13.8. The van der Waals surface area contributed by atoms with Gasteiger partial charge in [-0.05, 0) is 194 Å². The first-order valence-corrected chi connectivity index (χ1v) is 43.6.